The Morgan fingerprint density at radius 2 is 2.00 bits per heavy atom. The van der Waals surface area contributed by atoms with Gasteiger partial charge in [0.1, 0.15) is 0 Å². The molecule has 0 aliphatic carbocycles. The van der Waals surface area contributed by atoms with Gasteiger partial charge in [0.05, 0.1) is 12.0 Å². The van der Waals surface area contributed by atoms with Crippen LogP contribution in [0, 0.1) is 0 Å². The zero-order valence-corrected chi connectivity index (χ0v) is 11.1. The van der Waals surface area contributed by atoms with Crippen molar-refractivity contribution in [3.05, 3.63) is 24.3 Å². The van der Waals surface area contributed by atoms with E-state index in [-0.39, 0.29) is 29.6 Å². The first-order chi connectivity index (χ1) is 7.26. The van der Waals surface area contributed by atoms with Crippen molar-refractivity contribution >= 4 is 23.8 Å². The Morgan fingerprint density at radius 3 is 2.50 bits per heavy atom. The van der Waals surface area contributed by atoms with Gasteiger partial charge < -0.3 is 10.6 Å². The van der Waals surface area contributed by atoms with E-state index in [4.69, 9.17) is 5.21 Å². The second-order valence-corrected chi connectivity index (χ2v) is 3.08. The Kier molecular flexibility index (Phi) is 8.61. The van der Waals surface area contributed by atoms with Crippen molar-refractivity contribution in [2.45, 2.75) is 4.90 Å². The molecular formula is C7H7N2NaO5S. The van der Waals surface area contributed by atoms with E-state index in [0.717, 1.165) is 12.0 Å². The third-order valence-corrected chi connectivity index (χ3v) is 1.96. The van der Waals surface area contributed by atoms with E-state index in [1.54, 1.807) is 24.3 Å². The summed E-state index contributed by atoms with van der Waals surface area (Å²) in [5.41, 5.74) is 1.90. The van der Waals surface area contributed by atoms with Gasteiger partial charge >= 0.3 is 35.6 Å². The van der Waals surface area contributed by atoms with E-state index in [1.807, 2.05) is 0 Å². The number of carbonyl (C=O) groups excluding carboxylic acids is 1. The molecule has 0 heterocycles. The van der Waals surface area contributed by atoms with Gasteiger partial charge in [-0.1, -0.05) is 0 Å². The number of hydrogen-bond donors (Lipinski definition) is 3. The van der Waals surface area contributed by atoms with Gasteiger partial charge in [0.15, 0.2) is 0 Å². The molecule has 0 atom stereocenters. The van der Waals surface area contributed by atoms with E-state index >= 15 is 0 Å². The molecule has 82 valence electrons. The minimum Gasteiger partial charge on any atom is -0.691 e. The van der Waals surface area contributed by atoms with Crippen LogP contribution in [0.2, 0.25) is 0 Å². The Bertz CT molecular complexity index is 323. The summed E-state index contributed by atoms with van der Waals surface area (Å²) in [6.45, 7) is 0. The van der Waals surface area contributed by atoms with Gasteiger partial charge in [0.25, 0.3) is 0 Å². The number of hydrogen-bond acceptors (Lipinski definition) is 6. The molecule has 0 unspecified atom stereocenters. The number of urea groups is 1. The summed E-state index contributed by atoms with van der Waals surface area (Å²) >= 11 is 0.741. The Hall–Kier alpha value is -0.320. The second-order valence-electron chi connectivity index (χ2n) is 2.31. The normalized spacial score (nSPS) is 9.12. The maximum Gasteiger partial charge on any atom is 1.00 e. The molecule has 1 rings (SSSR count). The van der Waals surface area contributed by atoms with E-state index < -0.39 is 6.03 Å². The molecule has 0 aliphatic rings. The van der Waals surface area contributed by atoms with Crippen LogP contribution in [0.3, 0.4) is 0 Å². The zero-order chi connectivity index (χ0) is 11.1. The fourth-order valence-corrected chi connectivity index (χ4v) is 1.16. The quantitative estimate of drug-likeness (QED) is 0.179. The van der Waals surface area contributed by atoms with Gasteiger partial charge in [0, 0.05) is 10.6 Å². The minimum atomic E-state index is -0.741. The van der Waals surface area contributed by atoms with E-state index in [2.05, 4.69) is 14.7 Å². The molecule has 0 saturated heterocycles. The van der Waals surface area contributed by atoms with Crippen LogP contribution in [0.5, 0.6) is 0 Å². The summed E-state index contributed by atoms with van der Waals surface area (Å²) in [5, 5.41) is 23.2. The van der Waals surface area contributed by atoms with Crippen LogP contribution in [0.4, 0.5) is 10.5 Å². The van der Waals surface area contributed by atoms with E-state index in [0.29, 0.717) is 10.6 Å². The first kappa shape index (κ1) is 15.7. The van der Waals surface area contributed by atoms with Gasteiger partial charge in [-0.25, -0.2) is 10.3 Å². The van der Waals surface area contributed by atoms with Crippen molar-refractivity contribution in [3.63, 3.8) is 0 Å². The van der Waals surface area contributed by atoms with Gasteiger partial charge in [-0.15, -0.1) is 0 Å². The third-order valence-electron chi connectivity index (χ3n) is 1.37. The van der Waals surface area contributed by atoms with Gasteiger partial charge in [0.2, 0.25) is 0 Å². The number of carbonyl (C=O) groups is 1. The number of amides is 2. The van der Waals surface area contributed by atoms with Crippen LogP contribution in [-0.4, -0.2) is 11.2 Å². The Labute approximate surface area is 117 Å². The molecule has 0 fully saturated rings. The third kappa shape index (κ3) is 5.68. The molecule has 1 aromatic rings. The van der Waals surface area contributed by atoms with E-state index in [9.17, 15) is 10.1 Å². The topological polar surface area (TPSA) is 103 Å². The van der Waals surface area contributed by atoms with Crippen molar-refractivity contribution in [2.24, 2.45) is 0 Å². The molecule has 1 aromatic carbocycles. The number of hydroxylamine groups is 1. The fraction of sp³-hybridized carbons (Fsp3) is 0. The van der Waals surface area contributed by atoms with Crippen molar-refractivity contribution in [3.8, 4) is 0 Å². The predicted octanol–water partition coefficient (Wildman–Crippen LogP) is -2.57. The number of nitrogens with one attached hydrogen (secondary N) is 2. The average Bonchev–Trinajstić information content (AvgIpc) is 2.28. The minimum absolute atomic E-state index is 0. The van der Waals surface area contributed by atoms with E-state index in [1.165, 1.54) is 5.48 Å². The number of benzene rings is 1. The molecule has 0 saturated carbocycles. The van der Waals surface area contributed by atoms with Crippen molar-refractivity contribution in [1.82, 2.24) is 5.48 Å². The first-order valence-corrected chi connectivity index (χ1v) is 4.44. The maximum atomic E-state index is 10.7. The molecule has 0 spiro atoms. The van der Waals surface area contributed by atoms with Crippen LogP contribution in [0.15, 0.2) is 29.2 Å². The molecule has 0 radical (unpaired) electrons. The number of rotatable bonds is 4. The summed E-state index contributed by atoms with van der Waals surface area (Å²) in [7, 11) is 0. The van der Waals surface area contributed by atoms with Crippen LogP contribution in [0.1, 0.15) is 0 Å². The fourth-order valence-electron chi connectivity index (χ4n) is 0.806. The first-order valence-electron chi connectivity index (χ1n) is 3.70. The summed E-state index contributed by atoms with van der Waals surface area (Å²) < 4.78 is 4.08. The SMILES string of the molecule is O=C(NO)Nc1ccc(SOO[O-])cc1.[Na+]. The molecule has 16 heavy (non-hydrogen) atoms. The molecule has 3 N–H and O–H groups in total. The maximum absolute atomic E-state index is 10.7. The summed E-state index contributed by atoms with van der Waals surface area (Å²) in [5.74, 6) is 0. The van der Waals surface area contributed by atoms with Crippen LogP contribution in [-0.2, 0) is 9.37 Å². The van der Waals surface area contributed by atoms with Crippen molar-refractivity contribution in [1.29, 1.82) is 0 Å². The monoisotopic (exact) mass is 254 g/mol. The summed E-state index contributed by atoms with van der Waals surface area (Å²) in [6.07, 6.45) is 0. The molecule has 0 aliphatic heterocycles. The molecule has 0 bridgehead atoms. The van der Waals surface area contributed by atoms with Crippen LogP contribution >= 0.6 is 12.0 Å². The second kappa shape index (κ2) is 8.79. The Morgan fingerprint density at radius 1 is 1.38 bits per heavy atom. The zero-order valence-electron chi connectivity index (χ0n) is 8.30. The molecule has 7 nitrogen and oxygen atoms in total. The largest absolute Gasteiger partial charge is 1.00 e. The van der Waals surface area contributed by atoms with Gasteiger partial charge in [-0.05, 0) is 24.3 Å². The predicted molar refractivity (Wildman–Crippen MR) is 48.4 cm³/mol. The van der Waals surface area contributed by atoms with Crippen molar-refractivity contribution in [2.75, 3.05) is 5.32 Å². The Balaban J connectivity index is 0.00000225. The molecule has 2 amide bonds. The number of anilines is 1. The van der Waals surface area contributed by atoms with Crippen LogP contribution in [0.25, 0.3) is 0 Å². The van der Waals surface area contributed by atoms with Crippen LogP contribution < -0.4 is 45.6 Å². The van der Waals surface area contributed by atoms with Gasteiger partial charge in [-0.2, -0.15) is 4.33 Å². The molecule has 9 heteroatoms. The standard InChI is InChI=1S/C7H8N2O5S.Na/c10-7(9-11)8-5-1-3-6(4-2-5)15-14-13-12;/h1-4,11-12H,(H2,8,9,10);/q;+1/p-1. The summed E-state index contributed by atoms with van der Waals surface area (Å²) in [4.78, 5) is 11.3. The molecular weight excluding hydrogens is 247 g/mol. The summed E-state index contributed by atoms with van der Waals surface area (Å²) in [6, 6.07) is 5.57. The van der Waals surface area contributed by atoms with Gasteiger partial charge in [-0.3, -0.25) is 10.2 Å². The molecule has 0 aromatic heterocycles. The van der Waals surface area contributed by atoms with Crippen molar-refractivity contribution < 1.29 is 54.2 Å². The smallest absolute Gasteiger partial charge is 0.691 e. The average molecular weight is 254 g/mol.